The number of nitrogens with two attached hydrogens (primary N) is 1. The molecule has 5 nitrogen and oxygen atoms in total. The van der Waals surface area contributed by atoms with Crippen LogP contribution in [0.15, 0.2) is 6.33 Å². The minimum Gasteiger partial charge on any atom is -0.396 e. The second kappa shape index (κ2) is 5.10. The van der Waals surface area contributed by atoms with E-state index in [1.807, 2.05) is 0 Å². The molecule has 1 aromatic heterocycles. The summed E-state index contributed by atoms with van der Waals surface area (Å²) >= 11 is 0. The van der Waals surface area contributed by atoms with E-state index < -0.39 is 0 Å². The first-order valence-electron chi connectivity index (χ1n) is 6.53. The van der Waals surface area contributed by atoms with Crippen molar-refractivity contribution in [2.24, 2.45) is 5.41 Å². The number of aliphatic hydroxyl groups is 1. The Balaban J connectivity index is 2.07. The number of aromatic nitrogens is 2. The van der Waals surface area contributed by atoms with Crippen LogP contribution in [0, 0.1) is 5.41 Å². The molecule has 1 aliphatic rings. The summed E-state index contributed by atoms with van der Waals surface area (Å²) in [5, 5.41) is 12.4. The zero-order chi connectivity index (χ0) is 13.2. The van der Waals surface area contributed by atoms with Crippen LogP contribution in [0.5, 0.6) is 0 Å². The zero-order valence-corrected chi connectivity index (χ0v) is 11.1. The van der Waals surface area contributed by atoms with Crippen molar-refractivity contribution in [3.63, 3.8) is 0 Å². The number of aliphatic hydroxyl groups excluding tert-OH is 1. The van der Waals surface area contributed by atoms with Crippen LogP contribution in [0.25, 0.3) is 0 Å². The van der Waals surface area contributed by atoms with Crippen molar-refractivity contribution in [2.75, 3.05) is 24.2 Å². The fraction of sp³-hybridized carbons (Fsp3) is 0.692. The first-order chi connectivity index (χ1) is 8.58. The molecule has 1 aliphatic carbocycles. The molecule has 0 unspecified atom stereocenters. The first kappa shape index (κ1) is 13.1. The molecule has 100 valence electrons. The average molecular weight is 250 g/mol. The summed E-state index contributed by atoms with van der Waals surface area (Å²) in [5.74, 6) is 1.68. The highest BCUT2D eigenvalue weighted by molar-refractivity contribution is 5.56. The monoisotopic (exact) mass is 250 g/mol. The molecule has 0 bridgehead atoms. The minimum atomic E-state index is 0.255. The van der Waals surface area contributed by atoms with Crippen molar-refractivity contribution >= 4 is 11.6 Å². The lowest BCUT2D eigenvalue weighted by molar-refractivity contribution is 0.253. The van der Waals surface area contributed by atoms with E-state index in [4.69, 9.17) is 10.8 Å². The van der Waals surface area contributed by atoms with Crippen LogP contribution in [0.4, 0.5) is 11.6 Å². The topological polar surface area (TPSA) is 84.1 Å². The van der Waals surface area contributed by atoms with Crippen molar-refractivity contribution in [1.82, 2.24) is 9.97 Å². The van der Waals surface area contributed by atoms with E-state index in [2.05, 4.69) is 29.1 Å². The molecule has 0 aliphatic heterocycles. The SMILES string of the molecule is CC(C)c1c(N)ncnc1NCC1(CCO)CC1. The molecule has 1 heterocycles. The van der Waals surface area contributed by atoms with Crippen molar-refractivity contribution in [1.29, 1.82) is 0 Å². The predicted octanol–water partition coefficient (Wildman–Crippen LogP) is 1.76. The van der Waals surface area contributed by atoms with Crippen LogP contribution in [0.3, 0.4) is 0 Å². The van der Waals surface area contributed by atoms with Gasteiger partial charge in [-0.05, 0) is 30.6 Å². The van der Waals surface area contributed by atoms with Gasteiger partial charge >= 0.3 is 0 Å². The average Bonchev–Trinajstić information content (AvgIpc) is 3.07. The molecule has 18 heavy (non-hydrogen) atoms. The van der Waals surface area contributed by atoms with Gasteiger partial charge in [-0.15, -0.1) is 0 Å². The van der Waals surface area contributed by atoms with Gasteiger partial charge in [-0.1, -0.05) is 13.8 Å². The molecule has 0 saturated heterocycles. The van der Waals surface area contributed by atoms with E-state index in [0.29, 0.717) is 11.7 Å². The van der Waals surface area contributed by atoms with Gasteiger partial charge in [0.15, 0.2) is 0 Å². The maximum absolute atomic E-state index is 9.05. The third-order valence-corrected chi connectivity index (χ3v) is 3.72. The zero-order valence-electron chi connectivity index (χ0n) is 11.1. The van der Waals surface area contributed by atoms with Gasteiger partial charge in [-0.3, -0.25) is 0 Å². The molecule has 0 amide bonds. The van der Waals surface area contributed by atoms with E-state index in [9.17, 15) is 0 Å². The number of nitrogen functional groups attached to an aromatic ring is 1. The number of anilines is 2. The molecular weight excluding hydrogens is 228 g/mol. The van der Waals surface area contributed by atoms with Crippen molar-refractivity contribution in [3.8, 4) is 0 Å². The van der Waals surface area contributed by atoms with Gasteiger partial charge in [0.2, 0.25) is 0 Å². The standard InChI is InChI=1S/C13H22N4O/c1-9(2)10-11(14)16-8-17-12(10)15-7-13(3-4-13)5-6-18/h8-9,18H,3-7H2,1-2H3,(H3,14,15,16,17). The summed E-state index contributed by atoms with van der Waals surface area (Å²) in [4.78, 5) is 8.33. The number of hydrogen-bond donors (Lipinski definition) is 3. The predicted molar refractivity (Wildman–Crippen MR) is 72.4 cm³/mol. The molecule has 0 aromatic carbocycles. The second-order valence-corrected chi connectivity index (χ2v) is 5.50. The second-order valence-electron chi connectivity index (χ2n) is 5.50. The Morgan fingerprint density at radius 2 is 2.17 bits per heavy atom. The lowest BCUT2D eigenvalue weighted by Crippen LogP contribution is -2.19. The van der Waals surface area contributed by atoms with Crippen molar-refractivity contribution in [3.05, 3.63) is 11.9 Å². The van der Waals surface area contributed by atoms with Crippen LogP contribution in [-0.2, 0) is 0 Å². The molecule has 1 saturated carbocycles. The maximum atomic E-state index is 9.05. The summed E-state index contributed by atoms with van der Waals surface area (Å²) in [6, 6.07) is 0. The van der Waals surface area contributed by atoms with Crippen LogP contribution < -0.4 is 11.1 Å². The molecule has 0 atom stereocenters. The third-order valence-electron chi connectivity index (χ3n) is 3.72. The van der Waals surface area contributed by atoms with Gasteiger partial charge in [0, 0.05) is 18.7 Å². The van der Waals surface area contributed by atoms with Crippen LogP contribution in [0.1, 0.15) is 44.6 Å². The Morgan fingerprint density at radius 1 is 1.44 bits per heavy atom. The quantitative estimate of drug-likeness (QED) is 0.716. The number of hydrogen-bond acceptors (Lipinski definition) is 5. The van der Waals surface area contributed by atoms with Gasteiger partial charge in [0.05, 0.1) is 0 Å². The highest BCUT2D eigenvalue weighted by Gasteiger charge is 2.41. The Morgan fingerprint density at radius 3 is 2.72 bits per heavy atom. The van der Waals surface area contributed by atoms with Gasteiger partial charge in [-0.25, -0.2) is 9.97 Å². The fourth-order valence-electron chi connectivity index (χ4n) is 2.32. The van der Waals surface area contributed by atoms with Crippen molar-refractivity contribution < 1.29 is 5.11 Å². The lowest BCUT2D eigenvalue weighted by Gasteiger charge is -2.18. The van der Waals surface area contributed by atoms with Gasteiger partial charge in [-0.2, -0.15) is 0 Å². The van der Waals surface area contributed by atoms with E-state index in [1.165, 1.54) is 19.2 Å². The van der Waals surface area contributed by atoms with E-state index >= 15 is 0 Å². The molecule has 2 rings (SSSR count). The summed E-state index contributed by atoms with van der Waals surface area (Å²) in [5.41, 5.74) is 7.16. The Labute approximate surface area is 108 Å². The highest BCUT2D eigenvalue weighted by Crippen LogP contribution is 2.48. The number of rotatable bonds is 6. The summed E-state index contributed by atoms with van der Waals surface area (Å²) in [7, 11) is 0. The number of nitrogens with zero attached hydrogens (tertiary/aromatic N) is 2. The van der Waals surface area contributed by atoms with Gasteiger partial charge in [0.25, 0.3) is 0 Å². The molecule has 1 fully saturated rings. The highest BCUT2D eigenvalue weighted by atomic mass is 16.3. The summed E-state index contributed by atoms with van der Waals surface area (Å²) < 4.78 is 0. The third kappa shape index (κ3) is 2.72. The van der Waals surface area contributed by atoms with E-state index in [-0.39, 0.29) is 12.0 Å². The largest absolute Gasteiger partial charge is 0.396 e. The smallest absolute Gasteiger partial charge is 0.134 e. The Kier molecular flexibility index (Phi) is 3.71. The van der Waals surface area contributed by atoms with Gasteiger partial charge < -0.3 is 16.2 Å². The maximum Gasteiger partial charge on any atom is 0.134 e. The molecule has 0 radical (unpaired) electrons. The van der Waals surface area contributed by atoms with Crippen molar-refractivity contribution in [2.45, 2.75) is 39.0 Å². The Hall–Kier alpha value is -1.36. The first-order valence-corrected chi connectivity index (χ1v) is 6.53. The molecule has 4 N–H and O–H groups in total. The van der Waals surface area contributed by atoms with Crippen LogP contribution >= 0.6 is 0 Å². The molecule has 1 aromatic rings. The van der Waals surface area contributed by atoms with Crippen LogP contribution in [-0.4, -0.2) is 28.2 Å². The number of nitrogens with one attached hydrogen (secondary N) is 1. The fourth-order valence-corrected chi connectivity index (χ4v) is 2.32. The van der Waals surface area contributed by atoms with Gasteiger partial charge in [0.1, 0.15) is 18.0 Å². The molecular formula is C13H22N4O. The summed E-state index contributed by atoms with van der Waals surface area (Å²) in [6.45, 7) is 5.27. The molecule has 5 heteroatoms. The minimum absolute atomic E-state index is 0.255. The lowest BCUT2D eigenvalue weighted by atomic mass is 10.0. The normalized spacial score (nSPS) is 16.9. The Bertz CT molecular complexity index is 415. The van der Waals surface area contributed by atoms with E-state index in [0.717, 1.165) is 24.3 Å². The molecule has 0 spiro atoms. The van der Waals surface area contributed by atoms with E-state index in [1.54, 1.807) is 0 Å². The summed E-state index contributed by atoms with van der Waals surface area (Å²) in [6.07, 6.45) is 4.71. The van der Waals surface area contributed by atoms with Crippen LogP contribution in [0.2, 0.25) is 0 Å².